The van der Waals surface area contributed by atoms with Crippen LogP contribution in [0.2, 0.25) is 0 Å². The average molecular weight is 186 g/mol. The molecule has 0 rings (SSSR count). The van der Waals surface area contributed by atoms with Crippen LogP contribution in [0.25, 0.3) is 10.4 Å². The molecule has 2 N–H and O–H groups in total. The smallest absolute Gasteiger partial charge is 0.303 e. The summed E-state index contributed by atoms with van der Waals surface area (Å²) in [5, 5.41) is 13.8. The zero-order chi connectivity index (χ0) is 10.1. The van der Waals surface area contributed by atoms with Gasteiger partial charge in [0.1, 0.15) is 0 Å². The van der Waals surface area contributed by atoms with Crippen molar-refractivity contribution >= 4 is 11.9 Å². The number of carbonyl (C=O) groups is 2. The van der Waals surface area contributed by atoms with Crippen LogP contribution in [0.1, 0.15) is 12.8 Å². The minimum Gasteiger partial charge on any atom is -0.481 e. The molecular weight excluding hydrogens is 176 g/mol. The topological polar surface area (TPSA) is 115 Å². The number of amides is 1. The van der Waals surface area contributed by atoms with Crippen LogP contribution in [0, 0.1) is 0 Å². The average Bonchev–Trinajstić information content (AvgIpc) is 2.09. The number of carbonyl (C=O) groups excluding carboxylic acids is 1. The highest BCUT2D eigenvalue weighted by Crippen LogP contribution is 1.87. The first kappa shape index (κ1) is 11.2. The number of carboxylic acids is 1. The molecule has 7 nitrogen and oxygen atoms in total. The number of azide groups is 1. The van der Waals surface area contributed by atoms with E-state index in [2.05, 4.69) is 15.3 Å². The van der Waals surface area contributed by atoms with Gasteiger partial charge in [-0.1, -0.05) is 5.11 Å². The normalized spacial score (nSPS) is 8.62. The van der Waals surface area contributed by atoms with Gasteiger partial charge in [-0.2, -0.15) is 0 Å². The summed E-state index contributed by atoms with van der Waals surface area (Å²) in [6, 6.07) is 0. The fourth-order valence-corrected chi connectivity index (χ4v) is 0.599. The van der Waals surface area contributed by atoms with E-state index in [9.17, 15) is 9.59 Å². The second-order valence-electron chi connectivity index (χ2n) is 2.20. The zero-order valence-corrected chi connectivity index (χ0v) is 6.93. The van der Waals surface area contributed by atoms with Gasteiger partial charge >= 0.3 is 5.97 Å². The predicted molar refractivity (Wildman–Crippen MR) is 43.9 cm³/mol. The number of carboxylic acid groups (broad SMARTS) is 1. The molecule has 0 saturated carbocycles. The van der Waals surface area contributed by atoms with E-state index >= 15 is 0 Å². The number of hydrogen-bond donors (Lipinski definition) is 2. The Balaban J connectivity index is 3.40. The lowest BCUT2D eigenvalue weighted by atomic mass is 10.3. The summed E-state index contributed by atoms with van der Waals surface area (Å²) in [6.07, 6.45) is -0.237. The van der Waals surface area contributed by atoms with Crippen LogP contribution < -0.4 is 5.32 Å². The lowest BCUT2D eigenvalue weighted by molar-refractivity contribution is -0.138. The Hall–Kier alpha value is -1.75. The molecule has 0 aromatic heterocycles. The van der Waals surface area contributed by atoms with Gasteiger partial charge in [-0.05, 0) is 5.53 Å². The molecular formula is C6H10N4O3. The quantitative estimate of drug-likeness (QED) is 0.268. The van der Waals surface area contributed by atoms with Gasteiger partial charge in [0.25, 0.3) is 0 Å². The number of nitrogens with one attached hydrogen (secondary N) is 1. The van der Waals surface area contributed by atoms with Gasteiger partial charge in [0, 0.05) is 24.4 Å². The first-order chi connectivity index (χ1) is 6.16. The van der Waals surface area contributed by atoms with Crippen LogP contribution >= 0.6 is 0 Å². The Morgan fingerprint density at radius 2 is 2.15 bits per heavy atom. The fraction of sp³-hybridized carbons (Fsp3) is 0.667. The van der Waals surface area contributed by atoms with Gasteiger partial charge in [0.05, 0.1) is 6.42 Å². The molecule has 72 valence electrons. The number of nitrogens with zero attached hydrogens (tertiary/aromatic N) is 3. The molecule has 0 aromatic rings. The van der Waals surface area contributed by atoms with Gasteiger partial charge < -0.3 is 10.4 Å². The van der Waals surface area contributed by atoms with Crippen LogP contribution in [0.5, 0.6) is 0 Å². The maximum absolute atomic E-state index is 10.8. The van der Waals surface area contributed by atoms with Crippen molar-refractivity contribution in [2.45, 2.75) is 12.8 Å². The summed E-state index contributed by atoms with van der Waals surface area (Å²) < 4.78 is 0. The maximum atomic E-state index is 10.8. The van der Waals surface area contributed by atoms with E-state index in [-0.39, 0.29) is 31.8 Å². The van der Waals surface area contributed by atoms with Crippen molar-refractivity contribution in [2.75, 3.05) is 13.1 Å². The van der Waals surface area contributed by atoms with E-state index in [0.29, 0.717) is 0 Å². The third-order valence-corrected chi connectivity index (χ3v) is 1.16. The highest BCUT2D eigenvalue weighted by molar-refractivity contribution is 5.80. The molecule has 0 bridgehead atoms. The van der Waals surface area contributed by atoms with E-state index in [1.807, 2.05) is 0 Å². The Kier molecular flexibility index (Phi) is 6.00. The summed E-state index contributed by atoms with van der Waals surface area (Å²) in [5.41, 5.74) is 7.88. The third kappa shape index (κ3) is 8.15. The van der Waals surface area contributed by atoms with Crippen molar-refractivity contribution in [1.29, 1.82) is 0 Å². The second kappa shape index (κ2) is 6.93. The maximum Gasteiger partial charge on any atom is 0.303 e. The van der Waals surface area contributed by atoms with Crippen LogP contribution in [0.4, 0.5) is 0 Å². The largest absolute Gasteiger partial charge is 0.481 e. The Bertz CT molecular complexity index is 234. The van der Waals surface area contributed by atoms with Crippen molar-refractivity contribution in [3.05, 3.63) is 10.4 Å². The first-order valence-corrected chi connectivity index (χ1v) is 3.66. The molecule has 0 fully saturated rings. The first-order valence-electron chi connectivity index (χ1n) is 3.66. The SMILES string of the molecule is [N-]=[N+]=NCCNC(=O)CCC(=O)O. The molecule has 0 spiro atoms. The van der Waals surface area contributed by atoms with Crippen LogP contribution in [-0.2, 0) is 9.59 Å². The van der Waals surface area contributed by atoms with Crippen molar-refractivity contribution in [2.24, 2.45) is 5.11 Å². The van der Waals surface area contributed by atoms with Crippen LogP contribution in [-0.4, -0.2) is 30.1 Å². The zero-order valence-electron chi connectivity index (χ0n) is 6.93. The second-order valence-corrected chi connectivity index (χ2v) is 2.20. The third-order valence-electron chi connectivity index (χ3n) is 1.16. The van der Waals surface area contributed by atoms with Crippen LogP contribution in [0.15, 0.2) is 5.11 Å². The van der Waals surface area contributed by atoms with E-state index in [1.54, 1.807) is 0 Å². The van der Waals surface area contributed by atoms with E-state index in [1.165, 1.54) is 0 Å². The summed E-state index contributed by atoms with van der Waals surface area (Å²) in [6.45, 7) is 0.415. The van der Waals surface area contributed by atoms with Crippen molar-refractivity contribution < 1.29 is 14.7 Å². The van der Waals surface area contributed by atoms with Gasteiger partial charge in [0.15, 0.2) is 0 Å². The predicted octanol–water partition coefficient (Wildman–Crippen LogP) is 0.278. The van der Waals surface area contributed by atoms with Crippen molar-refractivity contribution in [1.82, 2.24) is 5.32 Å². The molecule has 0 unspecified atom stereocenters. The number of rotatable bonds is 6. The molecule has 7 heteroatoms. The van der Waals surface area contributed by atoms with Gasteiger partial charge in [-0.3, -0.25) is 9.59 Å². The monoisotopic (exact) mass is 186 g/mol. The standard InChI is InChI=1S/C6H10N4O3/c7-10-9-4-3-8-5(11)1-2-6(12)13/h1-4H2,(H,8,11)(H,12,13). The molecule has 0 radical (unpaired) electrons. The highest BCUT2D eigenvalue weighted by atomic mass is 16.4. The van der Waals surface area contributed by atoms with Gasteiger partial charge in [-0.25, -0.2) is 0 Å². The number of aliphatic carboxylic acids is 1. The molecule has 0 aliphatic heterocycles. The Morgan fingerprint density at radius 3 is 2.69 bits per heavy atom. The highest BCUT2D eigenvalue weighted by Gasteiger charge is 2.03. The number of hydrogen-bond acceptors (Lipinski definition) is 3. The lowest BCUT2D eigenvalue weighted by Crippen LogP contribution is -2.26. The lowest BCUT2D eigenvalue weighted by Gasteiger charge is -1.99. The minimum atomic E-state index is -1.01. The minimum absolute atomic E-state index is 0.0500. The van der Waals surface area contributed by atoms with Gasteiger partial charge in [0.2, 0.25) is 5.91 Å². The Labute approximate surface area is 74.4 Å². The summed E-state index contributed by atoms with van der Waals surface area (Å²) >= 11 is 0. The molecule has 0 heterocycles. The molecule has 0 aliphatic rings. The summed E-state index contributed by atoms with van der Waals surface area (Å²) in [4.78, 5) is 23.3. The summed E-state index contributed by atoms with van der Waals surface area (Å²) in [5.74, 6) is -1.36. The van der Waals surface area contributed by atoms with Gasteiger partial charge in [-0.15, -0.1) is 0 Å². The van der Waals surface area contributed by atoms with E-state index in [0.717, 1.165) is 0 Å². The van der Waals surface area contributed by atoms with Crippen molar-refractivity contribution in [3.63, 3.8) is 0 Å². The van der Waals surface area contributed by atoms with E-state index < -0.39 is 5.97 Å². The van der Waals surface area contributed by atoms with Crippen LogP contribution in [0.3, 0.4) is 0 Å². The molecule has 0 atom stereocenters. The molecule has 1 amide bonds. The summed E-state index contributed by atoms with van der Waals surface area (Å²) in [7, 11) is 0. The molecule has 0 saturated heterocycles. The Morgan fingerprint density at radius 1 is 1.46 bits per heavy atom. The fourth-order valence-electron chi connectivity index (χ4n) is 0.599. The molecule has 0 aliphatic carbocycles. The van der Waals surface area contributed by atoms with Crippen molar-refractivity contribution in [3.8, 4) is 0 Å². The van der Waals surface area contributed by atoms with E-state index in [4.69, 9.17) is 10.6 Å². The molecule has 13 heavy (non-hydrogen) atoms. The molecule has 0 aromatic carbocycles.